The van der Waals surface area contributed by atoms with Crippen molar-refractivity contribution < 1.29 is 9.53 Å². The van der Waals surface area contributed by atoms with Gasteiger partial charge in [-0.3, -0.25) is 9.80 Å². The standard InChI is InChI=1S/C20H20BrClN2O2/c21-16-10-15(11-17(22)12-16)13-23-8-6-20(7-9-23)14-24(19(25)26-20)18-4-2-1-3-5-18/h1-5,10-12H,6-9,13-14H2. The van der Waals surface area contributed by atoms with Crippen LogP contribution < -0.4 is 4.90 Å². The lowest BCUT2D eigenvalue weighted by molar-refractivity contribution is -0.000974. The Labute approximate surface area is 166 Å². The van der Waals surface area contributed by atoms with E-state index in [9.17, 15) is 4.79 Å². The first-order valence-corrected chi connectivity index (χ1v) is 9.93. The molecule has 0 aromatic heterocycles. The molecule has 2 saturated heterocycles. The fourth-order valence-corrected chi connectivity index (χ4v) is 4.70. The van der Waals surface area contributed by atoms with Crippen molar-refractivity contribution in [3.63, 3.8) is 0 Å². The Morgan fingerprint density at radius 2 is 1.85 bits per heavy atom. The topological polar surface area (TPSA) is 32.8 Å². The van der Waals surface area contributed by atoms with Gasteiger partial charge in [-0.05, 0) is 35.9 Å². The van der Waals surface area contributed by atoms with E-state index in [1.807, 2.05) is 42.5 Å². The number of carbonyl (C=O) groups excluding carboxylic acids is 1. The highest BCUT2D eigenvalue weighted by atomic mass is 79.9. The van der Waals surface area contributed by atoms with Gasteiger partial charge in [-0.1, -0.05) is 45.7 Å². The van der Waals surface area contributed by atoms with Crippen molar-refractivity contribution in [3.05, 3.63) is 63.6 Å². The molecule has 0 radical (unpaired) electrons. The smallest absolute Gasteiger partial charge is 0.415 e. The van der Waals surface area contributed by atoms with Crippen molar-refractivity contribution in [2.75, 3.05) is 24.5 Å². The summed E-state index contributed by atoms with van der Waals surface area (Å²) in [7, 11) is 0. The molecule has 136 valence electrons. The maximum absolute atomic E-state index is 12.4. The summed E-state index contributed by atoms with van der Waals surface area (Å²) in [5, 5.41) is 0.742. The molecule has 1 spiro atoms. The highest BCUT2D eigenvalue weighted by molar-refractivity contribution is 9.10. The molecular weight excluding hydrogens is 416 g/mol. The molecule has 2 aliphatic heterocycles. The number of carbonyl (C=O) groups is 1. The minimum Gasteiger partial charge on any atom is -0.441 e. The van der Waals surface area contributed by atoms with Crippen molar-refractivity contribution in [1.29, 1.82) is 0 Å². The second kappa shape index (κ2) is 7.22. The maximum Gasteiger partial charge on any atom is 0.415 e. The summed E-state index contributed by atoms with van der Waals surface area (Å²) in [4.78, 5) is 16.5. The lowest BCUT2D eigenvalue weighted by Gasteiger charge is -2.37. The molecule has 0 saturated carbocycles. The van der Waals surface area contributed by atoms with E-state index in [2.05, 4.69) is 26.9 Å². The van der Waals surface area contributed by atoms with Gasteiger partial charge in [0.15, 0.2) is 0 Å². The maximum atomic E-state index is 12.4. The number of hydrogen-bond acceptors (Lipinski definition) is 3. The number of nitrogens with zero attached hydrogens (tertiary/aromatic N) is 2. The van der Waals surface area contributed by atoms with Crippen LogP contribution in [-0.4, -0.2) is 36.2 Å². The number of rotatable bonds is 3. The number of hydrogen-bond donors (Lipinski definition) is 0. The average molecular weight is 436 g/mol. The molecule has 2 aromatic rings. The van der Waals surface area contributed by atoms with Gasteiger partial charge >= 0.3 is 6.09 Å². The zero-order valence-electron chi connectivity index (χ0n) is 14.3. The normalized spacial score (nSPS) is 19.8. The summed E-state index contributed by atoms with van der Waals surface area (Å²) in [5.41, 5.74) is 1.73. The van der Waals surface area contributed by atoms with Gasteiger partial charge in [0.1, 0.15) is 5.60 Å². The zero-order chi connectivity index (χ0) is 18.1. The van der Waals surface area contributed by atoms with Gasteiger partial charge in [0.2, 0.25) is 0 Å². The van der Waals surface area contributed by atoms with E-state index < -0.39 is 0 Å². The molecular formula is C20H20BrClN2O2. The van der Waals surface area contributed by atoms with E-state index in [-0.39, 0.29) is 11.7 Å². The summed E-state index contributed by atoms with van der Waals surface area (Å²) in [6.45, 7) is 3.29. The van der Waals surface area contributed by atoms with Crippen LogP contribution in [-0.2, 0) is 11.3 Å². The summed E-state index contributed by atoms with van der Waals surface area (Å²) in [6, 6.07) is 15.7. The molecule has 2 fully saturated rings. The third-order valence-corrected chi connectivity index (χ3v) is 5.81. The number of amides is 1. The van der Waals surface area contributed by atoms with Crippen molar-refractivity contribution in [2.45, 2.75) is 25.0 Å². The molecule has 4 nitrogen and oxygen atoms in total. The molecule has 0 atom stereocenters. The zero-order valence-corrected chi connectivity index (χ0v) is 16.7. The number of piperidine rings is 1. The van der Waals surface area contributed by atoms with Crippen LogP contribution in [0.25, 0.3) is 0 Å². The molecule has 2 aliphatic rings. The van der Waals surface area contributed by atoms with Gasteiger partial charge in [-0.15, -0.1) is 0 Å². The van der Waals surface area contributed by atoms with E-state index in [4.69, 9.17) is 16.3 Å². The molecule has 4 rings (SSSR count). The van der Waals surface area contributed by atoms with Crippen molar-refractivity contribution >= 4 is 39.3 Å². The Balaban J connectivity index is 1.39. The van der Waals surface area contributed by atoms with Crippen LogP contribution in [0.3, 0.4) is 0 Å². The quantitative estimate of drug-likeness (QED) is 0.673. The van der Waals surface area contributed by atoms with E-state index in [1.54, 1.807) is 4.90 Å². The SMILES string of the molecule is O=C1OC2(CCN(Cc3cc(Cl)cc(Br)c3)CC2)CN1c1ccccc1. The molecule has 26 heavy (non-hydrogen) atoms. The fourth-order valence-electron chi connectivity index (χ4n) is 3.77. The molecule has 2 aromatic carbocycles. The molecule has 0 aliphatic carbocycles. The van der Waals surface area contributed by atoms with Crippen LogP contribution in [0.1, 0.15) is 18.4 Å². The molecule has 6 heteroatoms. The van der Waals surface area contributed by atoms with Crippen LogP contribution in [0.2, 0.25) is 5.02 Å². The number of anilines is 1. The Kier molecular flexibility index (Phi) is 4.95. The number of para-hydroxylation sites is 1. The van der Waals surface area contributed by atoms with Gasteiger partial charge in [0, 0.05) is 47.7 Å². The van der Waals surface area contributed by atoms with E-state index in [0.29, 0.717) is 6.54 Å². The fraction of sp³-hybridized carbons (Fsp3) is 0.350. The van der Waals surface area contributed by atoms with Crippen molar-refractivity contribution in [3.8, 4) is 0 Å². The van der Waals surface area contributed by atoms with Crippen molar-refractivity contribution in [1.82, 2.24) is 4.90 Å². The first-order valence-electron chi connectivity index (χ1n) is 8.76. The van der Waals surface area contributed by atoms with Crippen LogP contribution in [0, 0.1) is 0 Å². The highest BCUT2D eigenvalue weighted by Gasteiger charge is 2.47. The molecule has 0 N–H and O–H groups in total. The monoisotopic (exact) mass is 434 g/mol. The summed E-state index contributed by atoms with van der Waals surface area (Å²) in [6.07, 6.45) is 1.47. The van der Waals surface area contributed by atoms with Gasteiger partial charge in [-0.2, -0.15) is 0 Å². The molecule has 1 amide bonds. The number of ether oxygens (including phenoxy) is 1. The van der Waals surface area contributed by atoms with E-state index >= 15 is 0 Å². The predicted octanol–water partition coefficient (Wildman–Crippen LogP) is 5.09. The van der Waals surface area contributed by atoms with Gasteiger partial charge in [0.05, 0.1) is 6.54 Å². The molecule has 0 bridgehead atoms. The lowest BCUT2D eigenvalue weighted by atomic mass is 9.91. The van der Waals surface area contributed by atoms with Crippen LogP contribution in [0.4, 0.5) is 10.5 Å². The van der Waals surface area contributed by atoms with Crippen LogP contribution in [0.5, 0.6) is 0 Å². The first-order chi connectivity index (χ1) is 12.5. The van der Waals surface area contributed by atoms with E-state index in [0.717, 1.165) is 47.7 Å². The Morgan fingerprint density at radius 1 is 1.12 bits per heavy atom. The second-order valence-electron chi connectivity index (χ2n) is 7.03. The largest absolute Gasteiger partial charge is 0.441 e. The third-order valence-electron chi connectivity index (χ3n) is 5.13. The van der Waals surface area contributed by atoms with Gasteiger partial charge < -0.3 is 4.74 Å². The lowest BCUT2D eigenvalue weighted by Crippen LogP contribution is -2.46. The van der Waals surface area contributed by atoms with E-state index in [1.165, 1.54) is 5.56 Å². The Bertz CT molecular complexity index is 786. The Morgan fingerprint density at radius 3 is 2.54 bits per heavy atom. The van der Waals surface area contributed by atoms with Gasteiger partial charge in [-0.25, -0.2) is 4.79 Å². The number of likely N-dealkylation sites (tertiary alicyclic amines) is 1. The minimum atomic E-state index is -0.363. The number of halogens is 2. The second-order valence-corrected chi connectivity index (χ2v) is 8.38. The predicted molar refractivity (Wildman–Crippen MR) is 107 cm³/mol. The summed E-state index contributed by atoms with van der Waals surface area (Å²) in [5.74, 6) is 0. The first kappa shape index (κ1) is 17.8. The number of benzene rings is 2. The van der Waals surface area contributed by atoms with Gasteiger partial charge in [0.25, 0.3) is 0 Å². The Hall–Kier alpha value is -1.56. The van der Waals surface area contributed by atoms with Crippen LogP contribution >= 0.6 is 27.5 Å². The van der Waals surface area contributed by atoms with Crippen molar-refractivity contribution in [2.24, 2.45) is 0 Å². The summed E-state index contributed by atoms with van der Waals surface area (Å²) >= 11 is 9.64. The highest BCUT2D eigenvalue weighted by Crippen LogP contribution is 2.36. The molecule has 0 unspecified atom stereocenters. The average Bonchev–Trinajstić information content (AvgIpc) is 2.93. The van der Waals surface area contributed by atoms with Crippen LogP contribution in [0.15, 0.2) is 53.0 Å². The summed E-state index contributed by atoms with van der Waals surface area (Å²) < 4.78 is 6.82. The minimum absolute atomic E-state index is 0.233. The third kappa shape index (κ3) is 3.75. The molecule has 2 heterocycles.